The number of halogens is 1. The maximum absolute atomic E-state index is 10.7. The number of rotatable bonds is 1. The highest BCUT2D eigenvalue weighted by Crippen LogP contribution is 2.29. The Morgan fingerprint density at radius 1 is 1.43 bits per heavy atom. The van der Waals surface area contributed by atoms with E-state index in [-0.39, 0.29) is 16.5 Å². The zero-order chi connectivity index (χ0) is 10.3. The SMILES string of the molecule is O=C(O)c1ccc2[nH]c(O)cc2c1Cl. The highest BCUT2D eigenvalue weighted by Gasteiger charge is 2.12. The first-order chi connectivity index (χ1) is 6.59. The highest BCUT2D eigenvalue weighted by atomic mass is 35.5. The molecule has 1 aromatic carbocycles. The molecule has 14 heavy (non-hydrogen) atoms. The lowest BCUT2D eigenvalue weighted by Gasteiger charge is -1.98. The van der Waals surface area contributed by atoms with E-state index in [1.54, 1.807) is 6.07 Å². The number of carboxylic acids is 1. The Morgan fingerprint density at radius 2 is 2.14 bits per heavy atom. The average molecular weight is 212 g/mol. The first-order valence-electron chi connectivity index (χ1n) is 3.83. The van der Waals surface area contributed by atoms with Gasteiger partial charge in [-0.25, -0.2) is 4.79 Å². The third-order valence-corrected chi connectivity index (χ3v) is 2.36. The molecular formula is C9H6ClNO3. The van der Waals surface area contributed by atoms with Crippen molar-refractivity contribution < 1.29 is 15.0 Å². The van der Waals surface area contributed by atoms with Gasteiger partial charge in [-0.15, -0.1) is 0 Å². The van der Waals surface area contributed by atoms with Crippen LogP contribution in [0.15, 0.2) is 18.2 Å². The van der Waals surface area contributed by atoms with Crippen LogP contribution in [-0.4, -0.2) is 21.2 Å². The second-order valence-corrected chi connectivity index (χ2v) is 3.23. The molecule has 0 aliphatic carbocycles. The third kappa shape index (κ3) is 1.20. The van der Waals surface area contributed by atoms with E-state index < -0.39 is 5.97 Å². The fraction of sp³-hybridized carbons (Fsp3) is 0. The van der Waals surface area contributed by atoms with Crippen molar-refractivity contribution in [2.75, 3.05) is 0 Å². The van der Waals surface area contributed by atoms with E-state index in [0.29, 0.717) is 10.9 Å². The second-order valence-electron chi connectivity index (χ2n) is 2.85. The molecule has 2 rings (SSSR count). The van der Waals surface area contributed by atoms with E-state index in [0.717, 1.165) is 0 Å². The summed E-state index contributed by atoms with van der Waals surface area (Å²) in [6.07, 6.45) is 0. The quantitative estimate of drug-likeness (QED) is 0.677. The molecule has 0 aliphatic rings. The summed E-state index contributed by atoms with van der Waals surface area (Å²) in [5.41, 5.74) is 0.635. The van der Waals surface area contributed by atoms with Gasteiger partial charge in [0.15, 0.2) is 5.88 Å². The van der Waals surface area contributed by atoms with Crippen LogP contribution in [0.4, 0.5) is 0 Å². The number of carbonyl (C=O) groups is 1. The predicted octanol–water partition coefficient (Wildman–Crippen LogP) is 2.23. The van der Waals surface area contributed by atoms with Gasteiger partial charge in [-0.05, 0) is 12.1 Å². The van der Waals surface area contributed by atoms with Gasteiger partial charge in [-0.3, -0.25) is 0 Å². The molecule has 4 nitrogen and oxygen atoms in total. The molecule has 2 aromatic rings. The molecule has 72 valence electrons. The van der Waals surface area contributed by atoms with Crippen LogP contribution in [0.3, 0.4) is 0 Å². The van der Waals surface area contributed by atoms with E-state index in [1.807, 2.05) is 0 Å². The topological polar surface area (TPSA) is 73.3 Å². The number of fused-ring (bicyclic) bond motifs is 1. The monoisotopic (exact) mass is 211 g/mol. The van der Waals surface area contributed by atoms with Crippen molar-refractivity contribution in [3.63, 3.8) is 0 Å². The van der Waals surface area contributed by atoms with Crippen LogP contribution in [0.2, 0.25) is 5.02 Å². The first kappa shape index (κ1) is 8.90. The minimum Gasteiger partial charge on any atom is -0.495 e. The maximum Gasteiger partial charge on any atom is 0.337 e. The molecule has 0 bridgehead atoms. The molecule has 1 aromatic heterocycles. The minimum absolute atomic E-state index is 0.0261. The number of carboxylic acid groups (broad SMARTS) is 1. The zero-order valence-corrected chi connectivity index (χ0v) is 7.67. The summed E-state index contributed by atoms with van der Waals surface area (Å²) in [4.78, 5) is 13.4. The van der Waals surface area contributed by atoms with Crippen molar-refractivity contribution in [3.8, 4) is 5.88 Å². The smallest absolute Gasteiger partial charge is 0.337 e. The Morgan fingerprint density at radius 3 is 2.79 bits per heavy atom. The maximum atomic E-state index is 10.7. The average Bonchev–Trinajstić information content (AvgIpc) is 2.46. The van der Waals surface area contributed by atoms with Crippen LogP contribution in [-0.2, 0) is 0 Å². The van der Waals surface area contributed by atoms with E-state index >= 15 is 0 Å². The predicted molar refractivity (Wildman–Crippen MR) is 51.9 cm³/mol. The van der Waals surface area contributed by atoms with Crippen LogP contribution in [0.1, 0.15) is 10.4 Å². The highest BCUT2D eigenvalue weighted by molar-refractivity contribution is 6.38. The largest absolute Gasteiger partial charge is 0.495 e. The molecule has 0 radical (unpaired) electrons. The fourth-order valence-electron chi connectivity index (χ4n) is 1.32. The lowest BCUT2D eigenvalue weighted by molar-refractivity contribution is 0.0697. The lowest BCUT2D eigenvalue weighted by Crippen LogP contribution is -1.96. The summed E-state index contributed by atoms with van der Waals surface area (Å²) < 4.78 is 0. The number of nitrogens with one attached hydrogen (secondary N) is 1. The van der Waals surface area contributed by atoms with Gasteiger partial charge in [0.25, 0.3) is 0 Å². The van der Waals surface area contributed by atoms with E-state index in [9.17, 15) is 4.79 Å². The molecule has 0 amide bonds. The van der Waals surface area contributed by atoms with Crippen LogP contribution in [0, 0.1) is 0 Å². The Kier molecular flexibility index (Phi) is 1.86. The molecule has 0 aliphatic heterocycles. The zero-order valence-electron chi connectivity index (χ0n) is 6.91. The van der Waals surface area contributed by atoms with Crippen molar-refractivity contribution in [1.82, 2.24) is 4.98 Å². The molecule has 0 unspecified atom stereocenters. The number of H-pyrrole nitrogens is 1. The lowest BCUT2D eigenvalue weighted by atomic mass is 10.1. The number of aromatic nitrogens is 1. The van der Waals surface area contributed by atoms with Gasteiger partial charge >= 0.3 is 5.97 Å². The van der Waals surface area contributed by atoms with Gasteiger partial charge in [0.05, 0.1) is 10.6 Å². The molecule has 1 heterocycles. The second kappa shape index (κ2) is 2.92. The van der Waals surface area contributed by atoms with Gasteiger partial charge in [0.1, 0.15) is 0 Å². The number of hydrogen-bond acceptors (Lipinski definition) is 2. The number of hydrogen-bond donors (Lipinski definition) is 3. The molecule has 3 N–H and O–H groups in total. The van der Waals surface area contributed by atoms with Crippen LogP contribution >= 0.6 is 11.6 Å². The van der Waals surface area contributed by atoms with Crippen molar-refractivity contribution in [2.45, 2.75) is 0 Å². The Balaban J connectivity index is 2.80. The Bertz CT molecular complexity index is 518. The number of aromatic hydroxyl groups is 1. The molecular weight excluding hydrogens is 206 g/mol. The summed E-state index contributed by atoms with van der Waals surface area (Å²) in [6, 6.07) is 4.34. The standard InChI is InChI=1S/C9H6ClNO3/c10-8-4(9(13)14)1-2-6-5(8)3-7(12)11-6/h1-3,11-12H,(H,13,14). The summed E-state index contributed by atoms with van der Waals surface area (Å²) in [7, 11) is 0. The van der Waals surface area contributed by atoms with Gasteiger partial charge in [-0.1, -0.05) is 11.6 Å². The van der Waals surface area contributed by atoms with E-state index in [4.69, 9.17) is 21.8 Å². The van der Waals surface area contributed by atoms with Crippen LogP contribution in [0.5, 0.6) is 5.88 Å². The van der Waals surface area contributed by atoms with Crippen LogP contribution < -0.4 is 0 Å². The number of aromatic carboxylic acids is 1. The van der Waals surface area contributed by atoms with E-state index in [2.05, 4.69) is 4.98 Å². The Hall–Kier alpha value is -1.68. The molecule has 5 heteroatoms. The van der Waals surface area contributed by atoms with Crippen molar-refractivity contribution >= 4 is 28.5 Å². The van der Waals surface area contributed by atoms with Gasteiger partial charge < -0.3 is 15.2 Å². The summed E-state index contributed by atoms with van der Waals surface area (Å²) in [5, 5.41) is 18.6. The molecule has 0 saturated carbocycles. The minimum atomic E-state index is -1.09. The van der Waals surface area contributed by atoms with Crippen molar-refractivity contribution in [2.24, 2.45) is 0 Å². The normalized spacial score (nSPS) is 10.6. The van der Waals surface area contributed by atoms with Gasteiger partial charge in [0.2, 0.25) is 0 Å². The first-order valence-corrected chi connectivity index (χ1v) is 4.21. The third-order valence-electron chi connectivity index (χ3n) is 1.95. The Labute approximate surface area is 83.7 Å². The summed E-state index contributed by atoms with van der Waals surface area (Å²) in [6.45, 7) is 0. The van der Waals surface area contributed by atoms with E-state index in [1.165, 1.54) is 12.1 Å². The van der Waals surface area contributed by atoms with Gasteiger partial charge in [-0.2, -0.15) is 0 Å². The van der Waals surface area contributed by atoms with Crippen molar-refractivity contribution in [1.29, 1.82) is 0 Å². The fourth-order valence-corrected chi connectivity index (χ4v) is 1.62. The molecule has 0 spiro atoms. The molecule has 0 atom stereocenters. The van der Waals surface area contributed by atoms with Gasteiger partial charge in [0, 0.05) is 17.0 Å². The number of aromatic amines is 1. The molecule has 0 saturated heterocycles. The van der Waals surface area contributed by atoms with Crippen LogP contribution in [0.25, 0.3) is 10.9 Å². The summed E-state index contributed by atoms with van der Waals surface area (Å²) in [5.74, 6) is -1.12. The van der Waals surface area contributed by atoms with Crippen molar-refractivity contribution in [3.05, 3.63) is 28.8 Å². The molecule has 0 fully saturated rings. The summed E-state index contributed by atoms with van der Waals surface area (Å²) >= 11 is 5.84. The number of benzene rings is 1.